The summed E-state index contributed by atoms with van der Waals surface area (Å²) in [6, 6.07) is 15.9. The van der Waals surface area contributed by atoms with E-state index in [9.17, 15) is 4.79 Å². The minimum Gasteiger partial charge on any atom is -0.447 e. The number of aromatic nitrogens is 3. The number of thioether (sulfide) groups is 1. The van der Waals surface area contributed by atoms with Gasteiger partial charge in [0.15, 0.2) is 5.69 Å². The summed E-state index contributed by atoms with van der Waals surface area (Å²) in [5.41, 5.74) is 4.18. The van der Waals surface area contributed by atoms with Crippen LogP contribution in [0.25, 0.3) is 11.3 Å². The van der Waals surface area contributed by atoms with Gasteiger partial charge in [-0.2, -0.15) is 4.98 Å². The second-order valence-electron chi connectivity index (χ2n) is 7.38. The molecule has 2 aromatic carbocycles. The molecule has 0 radical (unpaired) electrons. The second-order valence-corrected chi connectivity index (χ2v) is 8.15. The first-order valence-corrected chi connectivity index (χ1v) is 11.2. The predicted molar refractivity (Wildman–Crippen MR) is 119 cm³/mol. The number of fused-ring (bicyclic) bond motifs is 3. The van der Waals surface area contributed by atoms with Crippen LogP contribution in [0.15, 0.2) is 53.7 Å². The molecule has 1 aliphatic heterocycles. The van der Waals surface area contributed by atoms with Gasteiger partial charge in [0.05, 0.1) is 5.69 Å². The smallest absolute Gasteiger partial charge is 0.247 e. The quantitative estimate of drug-likeness (QED) is 0.539. The van der Waals surface area contributed by atoms with Crippen molar-refractivity contribution >= 4 is 23.4 Å². The predicted octanol–water partition coefficient (Wildman–Crippen LogP) is 5.22. The van der Waals surface area contributed by atoms with E-state index in [2.05, 4.69) is 41.2 Å². The minimum atomic E-state index is -0.646. The molecule has 0 fully saturated rings. The maximum atomic E-state index is 13.1. The Morgan fingerprint density at radius 1 is 1.13 bits per heavy atom. The zero-order chi connectivity index (χ0) is 21.3. The van der Waals surface area contributed by atoms with Gasteiger partial charge in [0.25, 0.3) is 0 Å². The van der Waals surface area contributed by atoms with E-state index in [-0.39, 0.29) is 5.91 Å². The molecular weight excluding hydrogens is 396 g/mol. The number of carbonyl (C=O) groups excluding carboxylic acids is 1. The first-order chi connectivity index (χ1) is 14.5. The van der Waals surface area contributed by atoms with Gasteiger partial charge in [0, 0.05) is 17.5 Å². The lowest BCUT2D eigenvalue weighted by Crippen LogP contribution is -2.37. The summed E-state index contributed by atoms with van der Waals surface area (Å²) in [7, 11) is 0. The molecule has 1 amide bonds. The van der Waals surface area contributed by atoms with Gasteiger partial charge in [-0.05, 0) is 23.8 Å². The monoisotopic (exact) mass is 420 g/mol. The van der Waals surface area contributed by atoms with Gasteiger partial charge in [0.2, 0.25) is 23.2 Å². The Morgan fingerprint density at radius 3 is 2.53 bits per heavy atom. The highest BCUT2D eigenvalue weighted by Gasteiger charge is 2.35. The minimum absolute atomic E-state index is 0.0359. The molecular formula is C23H24N4O2S. The number of amides is 1. The third kappa shape index (κ3) is 3.65. The van der Waals surface area contributed by atoms with E-state index in [1.54, 1.807) is 4.90 Å². The van der Waals surface area contributed by atoms with Crippen molar-refractivity contribution in [1.82, 2.24) is 15.2 Å². The van der Waals surface area contributed by atoms with E-state index in [1.165, 1.54) is 17.3 Å². The van der Waals surface area contributed by atoms with Crippen LogP contribution in [0, 0.1) is 0 Å². The normalized spacial score (nSPS) is 15.2. The number of ether oxygens (including phenoxy) is 1. The van der Waals surface area contributed by atoms with Crippen molar-refractivity contribution in [2.75, 3.05) is 11.2 Å². The molecule has 4 rings (SSSR count). The lowest BCUT2D eigenvalue weighted by atomic mass is 10.0. The lowest BCUT2D eigenvalue weighted by Gasteiger charge is -2.30. The average Bonchev–Trinajstić information content (AvgIpc) is 2.92. The van der Waals surface area contributed by atoms with Gasteiger partial charge in [-0.1, -0.05) is 75.0 Å². The van der Waals surface area contributed by atoms with Gasteiger partial charge in [-0.25, -0.2) is 0 Å². The average molecular weight is 421 g/mol. The summed E-state index contributed by atoms with van der Waals surface area (Å²) in [6.07, 6.45) is 1.60. The molecule has 0 unspecified atom stereocenters. The van der Waals surface area contributed by atoms with Crippen molar-refractivity contribution in [3.8, 4) is 17.1 Å². The number of nitrogens with zero attached hydrogens (tertiary/aromatic N) is 4. The molecule has 1 aliphatic rings. The van der Waals surface area contributed by atoms with E-state index in [0.717, 1.165) is 16.8 Å². The van der Waals surface area contributed by atoms with Crippen LogP contribution < -0.4 is 9.64 Å². The maximum absolute atomic E-state index is 13.1. The van der Waals surface area contributed by atoms with Crippen LogP contribution in [0.5, 0.6) is 5.88 Å². The Bertz CT molecular complexity index is 1070. The third-order valence-corrected chi connectivity index (χ3v) is 5.69. The summed E-state index contributed by atoms with van der Waals surface area (Å²) in [6.45, 7) is 6.16. The van der Waals surface area contributed by atoms with Crippen molar-refractivity contribution in [2.45, 2.75) is 44.5 Å². The number of hydrogen-bond donors (Lipinski definition) is 0. The van der Waals surface area contributed by atoms with E-state index >= 15 is 0 Å². The number of hydrogen-bond acceptors (Lipinski definition) is 6. The van der Waals surface area contributed by atoms with Crippen molar-refractivity contribution in [2.24, 2.45) is 0 Å². The summed E-state index contributed by atoms with van der Waals surface area (Å²) >= 11 is 1.40. The van der Waals surface area contributed by atoms with E-state index in [4.69, 9.17) is 4.74 Å². The molecule has 1 atom stereocenters. The molecule has 1 aromatic heterocycles. The van der Waals surface area contributed by atoms with Crippen molar-refractivity contribution in [3.63, 3.8) is 0 Å². The van der Waals surface area contributed by atoms with Crippen LogP contribution in [0.3, 0.4) is 0 Å². The molecule has 0 bridgehead atoms. The molecule has 0 saturated heterocycles. The fourth-order valence-electron chi connectivity index (χ4n) is 3.50. The van der Waals surface area contributed by atoms with Gasteiger partial charge >= 0.3 is 0 Å². The SMILES string of the molecule is CCC(=O)N1c2ccccc2-c2nnc(SC)nc2O[C@H]1c1ccc(C(C)C)cc1. The van der Waals surface area contributed by atoms with Crippen LogP contribution in [0.1, 0.15) is 50.5 Å². The summed E-state index contributed by atoms with van der Waals surface area (Å²) in [5.74, 6) is 0.766. The molecule has 3 aromatic rings. The Kier molecular flexibility index (Phi) is 5.72. The van der Waals surface area contributed by atoms with Crippen LogP contribution in [0.4, 0.5) is 5.69 Å². The summed E-state index contributed by atoms with van der Waals surface area (Å²) < 4.78 is 6.38. The third-order valence-electron chi connectivity index (χ3n) is 5.15. The summed E-state index contributed by atoms with van der Waals surface area (Å²) in [5, 5.41) is 9.09. The summed E-state index contributed by atoms with van der Waals surface area (Å²) in [4.78, 5) is 19.4. The topological polar surface area (TPSA) is 68.2 Å². The molecule has 30 heavy (non-hydrogen) atoms. The molecule has 2 heterocycles. The molecule has 0 aliphatic carbocycles. The highest BCUT2D eigenvalue weighted by atomic mass is 32.2. The largest absolute Gasteiger partial charge is 0.447 e. The van der Waals surface area contributed by atoms with E-state index in [1.807, 2.05) is 49.6 Å². The Labute approximate surface area is 180 Å². The Morgan fingerprint density at radius 2 is 1.87 bits per heavy atom. The first kappa shape index (κ1) is 20.3. The highest BCUT2D eigenvalue weighted by molar-refractivity contribution is 7.98. The number of benzene rings is 2. The number of para-hydroxylation sites is 1. The number of rotatable bonds is 4. The maximum Gasteiger partial charge on any atom is 0.247 e. The van der Waals surface area contributed by atoms with Crippen LogP contribution in [-0.4, -0.2) is 27.3 Å². The van der Waals surface area contributed by atoms with Crippen LogP contribution in [-0.2, 0) is 4.79 Å². The fraction of sp³-hybridized carbons (Fsp3) is 0.304. The number of carbonyl (C=O) groups is 1. The standard InChI is InChI=1S/C23H24N4O2S/c1-5-19(28)27-18-9-7-6-8-17(18)20-21(24-23(30-4)26-25-20)29-22(27)16-12-10-15(11-13-16)14(2)3/h6-14,22H,5H2,1-4H3/t22-/m0/s1. The molecule has 0 N–H and O–H groups in total. The molecule has 0 saturated carbocycles. The lowest BCUT2D eigenvalue weighted by molar-refractivity contribution is -0.120. The van der Waals surface area contributed by atoms with Crippen molar-refractivity contribution in [3.05, 3.63) is 59.7 Å². The fourth-order valence-corrected chi connectivity index (χ4v) is 3.80. The van der Waals surface area contributed by atoms with E-state index < -0.39 is 6.23 Å². The van der Waals surface area contributed by atoms with Crippen molar-refractivity contribution in [1.29, 1.82) is 0 Å². The number of anilines is 1. The molecule has 154 valence electrons. The first-order valence-electron chi connectivity index (χ1n) is 10.00. The Hall–Kier alpha value is -2.93. The second kappa shape index (κ2) is 8.44. The van der Waals surface area contributed by atoms with E-state index in [0.29, 0.717) is 29.1 Å². The van der Waals surface area contributed by atoms with Crippen LogP contribution in [0.2, 0.25) is 0 Å². The highest BCUT2D eigenvalue weighted by Crippen LogP contribution is 2.43. The zero-order valence-corrected chi connectivity index (χ0v) is 18.3. The molecule has 6 nitrogen and oxygen atoms in total. The van der Waals surface area contributed by atoms with Gasteiger partial charge in [-0.3, -0.25) is 9.69 Å². The molecule has 7 heteroatoms. The van der Waals surface area contributed by atoms with Gasteiger partial charge in [-0.15, -0.1) is 10.2 Å². The van der Waals surface area contributed by atoms with Gasteiger partial charge in [0.1, 0.15) is 0 Å². The van der Waals surface area contributed by atoms with Gasteiger partial charge < -0.3 is 4.74 Å². The van der Waals surface area contributed by atoms with Crippen molar-refractivity contribution < 1.29 is 9.53 Å². The molecule has 0 spiro atoms. The zero-order valence-electron chi connectivity index (χ0n) is 17.5. The van der Waals surface area contributed by atoms with Crippen LogP contribution >= 0.6 is 11.8 Å². The Balaban J connectivity index is 1.92.